The van der Waals surface area contributed by atoms with Crippen LogP contribution in [0.15, 0.2) is 30.6 Å². The molecule has 1 aromatic heterocycles. The number of imidazole rings is 1. The van der Waals surface area contributed by atoms with Crippen LogP contribution in [-0.4, -0.2) is 51.2 Å². The van der Waals surface area contributed by atoms with E-state index in [2.05, 4.69) is 14.9 Å². The minimum atomic E-state index is -0.748. The molecular weight excluding hydrogens is 332 g/mol. The minimum absolute atomic E-state index is 0.100. The van der Waals surface area contributed by atoms with Crippen molar-refractivity contribution in [2.45, 2.75) is 32.2 Å². The molecule has 7 nitrogen and oxygen atoms in total. The Morgan fingerprint density at radius 2 is 2.19 bits per heavy atom. The van der Waals surface area contributed by atoms with Crippen LogP contribution in [0, 0.1) is 11.3 Å². The number of nitrogens with zero attached hydrogens (tertiary/aromatic N) is 3. The number of hydrogen-bond acceptors (Lipinski definition) is 3. The fourth-order valence-electron chi connectivity index (χ4n) is 4.54. The summed E-state index contributed by atoms with van der Waals surface area (Å²) in [6, 6.07) is 7.83. The molecule has 0 radical (unpaired) electrons. The molecule has 2 aliphatic rings. The highest BCUT2D eigenvalue weighted by Crippen LogP contribution is 2.48. The van der Waals surface area contributed by atoms with Gasteiger partial charge in [0, 0.05) is 26.2 Å². The van der Waals surface area contributed by atoms with Gasteiger partial charge in [-0.3, -0.25) is 4.79 Å². The first-order valence-corrected chi connectivity index (χ1v) is 9.26. The van der Waals surface area contributed by atoms with Gasteiger partial charge in [-0.05, 0) is 37.3 Å². The molecule has 7 heteroatoms. The van der Waals surface area contributed by atoms with Crippen molar-refractivity contribution < 1.29 is 14.7 Å². The molecular formula is C19H24N4O3. The number of carboxylic acids is 1. The van der Waals surface area contributed by atoms with Gasteiger partial charge in [0.1, 0.15) is 0 Å². The molecule has 2 N–H and O–H groups in total. The van der Waals surface area contributed by atoms with Crippen LogP contribution < -0.4 is 5.32 Å². The van der Waals surface area contributed by atoms with E-state index in [0.717, 1.165) is 36.8 Å². The number of fused-ring (bicyclic) bond motifs is 2. The highest BCUT2D eigenvalue weighted by molar-refractivity contribution is 5.80. The summed E-state index contributed by atoms with van der Waals surface area (Å²) in [5.74, 6) is -0.648. The van der Waals surface area contributed by atoms with Crippen LogP contribution in [0.25, 0.3) is 11.0 Å². The Labute approximate surface area is 152 Å². The van der Waals surface area contributed by atoms with Crippen LogP contribution in [0.2, 0.25) is 0 Å². The fourth-order valence-corrected chi connectivity index (χ4v) is 4.54. The number of hydrogen-bond donors (Lipinski definition) is 2. The molecule has 2 fully saturated rings. The Balaban J connectivity index is 1.28. The standard InChI is InChI=1S/C19H24N4O3/c24-17(25)19-8-3-5-14(19)11-23(12-19)18(26)20-9-4-10-22-13-21-15-6-1-2-7-16(15)22/h1-2,6-7,13-14H,3-5,8-12H2,(H,20,26)(H,24,25)/t14-,19+/m0/s1. The number of carboxylic acid groups (broad SMARTS) is 1. The van der Waals surface area contributed by atoms with E-state index in [9.17, 15) is 14.7 Å². The van der Waals surface area contributed by atoms with Crippen LogP contribution in [0.4, 0.5) is 4.79 Å². The number of para-hydroxylation sites is 2. The van der Waals surface area contributed by atoms with Gasteiger partial charge in [0.25, 0.3) is 0 Å². The summed E-state index contributed by atoms with van der Waals surface area (Å²) >= 11 is 0. The Morgan fingerprint density at radius 1 is 1.35 bits per heavy atom. The molecule has 2 aromatic rings. The second-order valence-corrected chi connectivity index (χ2v) is 7.44. The van der Waals surface area contributed by atoms with Crippen molar-refractivity contribution in [2.75, 3.05) is 19.6 Å². The molecule has 2 atom stereocenters. The number of aryl methyl sites for hydroxylation is 1. The Morgan fingerprint density at radius 3 is 3.00 bits per heavy atom. The average Bonchev–Trinajstić information content (AvgIpc) is 3.31. The van der Waals surface area contributed by atoms with Gasteiger partial charge in [-0.25, -0.2) is 9.78 Å². The number of likely N-dealkylation sites (tertiary alicyclic amines) is 1. The van der Waals surface area contributed by atoms with Gasteiger partial charge in [-0.2, -0.15) is 0 Å². The van der Waals surface area contributed by atoms with Crippen LogP contribution in [0.3, 0.4) is 0 Å². The number of nitrogens with one attached hydrogen (secondary N) is 1. The Bertz CT molecular complexity index is 833. The van der Waals surface area contributed by atoms with E-state index in [1.165, 1.54) is 0 Å². The number of urea groups is 1. The highest BCUT2D eigenvalue weighted by Gasteiger charge is 2.55. The summed E-state index contributed by atoms with van der Waals surface area (Å²) in [7, 11) is 0. The first kappa shape index (κ1) is 16.9. The molecule has 0 unspecified atom stereocenters. The lowest BCUT2D eigenvalue weighted by Gasteiger charge is -2.23. The van der Waals surface area contributed by atoms with Gasteiger partial charge in [0.05, 0.1) is 22.8 Å². The average molecular weight is 356 g/mol. The smallest absolute Gasteiger partial charge is 0.317 e. The lowest BCUT2D eigenvalue weighted by molar-refractivity contribution is -0.149. The number of aliphatic carboxylic acids is 1. The number of carbonyl (C=O) groups is 2. The van der Waals surface area contributed by atoms with Crippen LogP contribution >= 0.6 is 0 Å². The third kappa shape index (κ3) is 2.81. The fraction of sp³-hybridized carbons (Fsp3) is 0.526. The van der Waals surface area contributed by atoms with Crippen molar-refractivity contribution >= 4 is 23.0 Å². The zero-order valence-corrected chi connectivity index (χ0v) is 14.7. The monoisotopic (exact) mass is 356 g/mol. The van der Waals surface area contributed by atoms with E-state index in [4.69, 9.17) is 0 Å². The molecule has 1 aromatic carbocycles. The number of benzene rings is 1. The van der Waals surface area contributed by atoms with Crippen LogP contribution in [0.5, 0.6) is 0 Å². The topological polar surface area (TPSA) is 87.5 Å². The van der Waals surface area contributed by atoms with Crippen molar-refractivity contribution in [3.05, 3.63) is 30.6 Å². The molecule has 4 rings (SSSR count). The number of carbonyl (C=O) groups excluding carboxylic acids is 1. The molecule has 0 spiro atoms. The number of rotatable bonds is 5. The molecule has 1 aliphatic heterocycles. The molecule has 26 heavy (non-hydrogen) atoms. The Kier molecular flexibility index (Phi) is 4.30. The molecule has 2 amide bonds. The third-order valence-corrected chi connectivity index (χ3v) is 5.96. The van der Waals surface area contributed by atoms with E-state index in [1.54, 1.807) is 4.90 Å². The van der Waals surface area contributed by atoms with Crippen molar-refractivity contribution in [3.63, 3.8) is 0 Å². The van der Waals surface area contributed by atoms with Gasteiger partial charge in [-0.1, -0.05) is 18.6 Å². The van der Waals surface area contributed by atoms with Crippen molar-refractivity contribution in [1.29, 1.82) is 0 Å². The summed E-state index contributed by atoms with van der Waals surface area (Å²) in [5, 5.41) is 12.6. The maximum absolute atomic E-state index is 12.4. The summed E-state index contributed by atoms with van der Waals surface area (Å²) < 4.78 is 2.08. The first-order chi connectivity index (χ1) is 12.6. The highest BCUT2D eigenvalue weighted by atomic mass is 16.4. The zero-order valence-electron chi connectivity index (χ0n) is 14.7. The summed E-state index contributed by atoms with van der Waals surface area (Å²) in [5.41, 5.74) is 1.35. The quantitative estimate of drug-likeness (QED) is 0.805. The Hall–Kier alpha value is -2.57. The zero-order chi connectivity index (χ0) is 18.1. The van der Waals surface area contributed by atoms with Gasteiger partial charge in [-0.15, -0.1) is 0 Å². The minimum Gasteiger partial charge on any atom is -0.481 e. The molecule has 1 aliphatic carbocycles. The van der Waals surface area contributed by atoms with Gasteiger partial charge < -0.3 is 19.9 Å². The predicted molar refractivity (Wildman–Crippen MR) is 96.7 cm³/mol. The largest absolute Gasteiger partial charge is 0.481 e. The normalized spacial score (nSPS) is 24.8. The van der Waals surface area contributed by atoms with Crippen molar-refractivity contribution in [1.82, 2.24) is 19.8 Å². The summed E-state index contributed by atoms with van der Waals surface area (Å²) in [6.45, 7) is 2.24. The number of amides is 2. The lowest BCUT2D eigenvalue weighted by atomic mass is 9.81. The summed E-state index contributed by atoms with van der Waals surface area (Å²) in [6.07, 6.45) is 5.16. The number of aromatic nitrogens is 2. The maximum atomic E-state index is 12.4. The van der Waals surface area contributed by atoms with E-state index in [-0.39, 0.29) is 11.9 Å². The third-order valence-electron chi connectivity index (χ3n) is 5.96. The molecule has 2 heterocycles. The lowest BCUT2D eigenvalue weighted by Crippen LogP contribution is -2.42. The van der Waals surface area contributed by atoms with Gasteiger partial charge in [0.2, 0.25) is 0 Å². The molecule has 138 valence electrons. The van der Waals surface area contributed by atoms with E-state index >= 15 is 0 Å². The summed E-state index contributed by atoms with van der Waals surface area (Å²) in [4.78, 5) is 30.2. The molecule has 1 saturated heterocycles. The van der Waals surface area contributed by atoms with Crippen LogP contribution in [0.1, 0.15) is 25.7 Å². The first-order valence-electron chi connectivity index (χ1n) is 9.26. The van der Waals surface area contributed by atoms with Crippen LogP contribution in [-0.2, 0) is 11.3 Å². The van der Waals surface area contributed by atoms with Crippen molar-refractivity contribution in [2.24, 2.45) is 11.3 Å². The predicted octanol–water partition coefficient (Wildman–Crippen LogP) is 2.32. The second kappa shape index (κ2) is 6.63. The second-order valence-electron chi connectivity index (χ2n) is 7.44. The van der Waals surface area contributed by atoms with E-state index < -0.39 is 11.4 Å². The molecule has 0 bridgehead atoms. The SMILES string of the molecule is O=C(NCCCn1cnc2ccccc21)N1C[C@@H]2CCC[C@@]2(C(=O)O)C1. The van der Waals surface area contributed by atoms with Gasteiger partial charge in [0.15, 0.2) is 0 Å². The molecule has 1 saturated carbocycles. The van der Waals surface area contributed by atoms with Gasteiger partial charge >= 0.3 is 12.0 Å². The van der Waals surface area contributed by atoms with Crippen molar-refractivity contribution in [3.8, 4) is 0 Å². The van der Waals surface area contributed by atoms with E-state index in [1.807, 2.05) is 30.6 Å². The van der Waals surface area contributed by atoms with E-state index in [0.29, 0.717) is 26.1 Å². The maximum Gasteiger partial charge on any atom is 0.317 e.